The van der Waals surface area contributed by atoms with Crippen LogP contribution in [0.4, 0.5) is 0 Å². The number of hydrogen-bond acceptors (Lipinski definition) is 5. The molecule has 3 aromatic rings. The van der Waals surface area contributed by atoms with Crippen LogP contribution in [-0.2, 0) is 9.84 Å². The SMILES string of the molecule is CCCCS(=O)(=O)c1ccc(-c2nc3cnccc3[nH]2)c(OCC)c1. The topological polar surface area (TPSA) is 84.9 Å². The molecule has 132 valence electrons. The van der Waals surface area contributed by atoms with Crippen LogP contribution in [0, 0.1) is 0 Å². The van der Waals surface area contributed by atoms with Crippen molar-refractivity contribution in [3.8, 4) is 17.1 Å². The fraction of sp³-hybridized carbons (Fsp3) is 0.333. The summed E-state index contributed by atoms with van der Waals surface area (Å²) >= 11 is 0. The average Bonchev–Trinajstić information content (AvgIpc) is 3.04. The Balaban J connectivity index is 2.05. The summed E-state index contributed by atoms with van der Waals surface area (Å²) in [5.41, 5.74) is 2.35. The van der Waals surface area contributed by atoms with Gasteiger partial charge in [-0.1, -0.05) is 13.3 Å². The van der Waals surface area contributed by atoms with E-state index in [0.717, 1.165) is 23.0 Å². The van der Waals surface area contributed by atoms with Crippen molar-refractivity contribution in [1.82, 2.24) is 15.0 Å². The van der Waals surface area contributed by atoms with Crippen LogP contribution in [0.2, 0.25) is 0 Å². The van der Waals surface area contributed by atoms with E-state index in [4.69, 9.17) is 4.74 Å². The summed E-state index contributed by atoms with van der Waals surface area (Å²) in [6, 6.07) is 6.80. The molecule has 0 saturated carbocycles. The summed E-state index contributed by atoms with van der Waals surface area (Å²) in [6.07, 6.45) is 4.85. The Labute approximate surface area is 147 Å². The third-order valence-corrected chi connectivity index (χ3v) is 5.72. The van der Waals surface area contributed by atoms with Crippen LogP contribution in [0.25, 0.3) is 22.4 Å². The van der Waals surface area contributed by atoms with E-state index in [1.165, 1.54) is 0 Å². The fourth-order valence-corrected chi connectivity index (χ4v) is 4.07. The molecule has 1 aromatic carbocycles. The molecule has 7 heteroatoms. The Morgan fingerprint density at radius 1 is 1.20 bits per heavy atom. The van der Waals surface area contributed by atoms with Gasteiger partial charge >= 0.3 is 0 Å². The lowest BCUT2D eigenvalue weighted by Crippen LogP contribution is -2.07. The Kier molecular flexibility index (Phi) is 5.03. The third kappa shape index (κ3) is 3.66. The van der Waals surface area contributed by atoms with E-state index in [1.54, 1.807) is 30.6 Å². The van der Waals surface area contributed by atoms with Gasteiger partial charge in [0.05, 0.1) is 34.5 Å². The number of benzene rings is 1. The third-order valence-electron chi connectivity index (χ3n) is 3.92. The van der Waals surface area contributed by atoms with E-state index in [0.29, 0.717) is 24.6 Å². The first-order valence-electron chi connectivity index (χ1n) is 8.35. The number of aromatic amines is 1. The summed E-state index contributed by atoms with van der Waals surface area (Å²) < 4.78 is 30.6. The molecule has 0 radical (unpaired) electrons. The molecule has 0 bridgehead atoms. The molecule has 0 aliphatic rings. The van der Waals surface area contributed by atoms with Crippen LogP contribution >= 0.6 is 0 Å². The predicted molar refractivity (Wildman–Crippen MR) is 97.5 cm³/mol. The van der Waals surface area contributed by atoms with Crippen molar-refractivity contribution in [2.24, 2.45) is 0 Å². The number of H-pyrrole nitrogens is 1. The van der Waals surface area contributed by atoms with E-state index in [-0.39, 0.29) is 10.6 Å². The van der Waals surface area contributed by atoms with Gasteiger partial charge in [0.15, 0.2) is 9.84 Å². The summed E-state index contributed by atoms with van der Waals surface area (Å²) in [5, 5.41) is 0. The minimum absolute atomic E-state index is 0.144. The van der Waals surface area contributed by atoms with Gasteiger partial charge in [-0.05, 0) is 37.6 Å². The molecule has 25 heavy (non-hydrogen) atoms. The molecule has 0 atom stereocenters. The molecule has 1 N–H and O–H groups in total. The van der Waals surface area contributed by atoms with Gasteiger partial charge < -0.3 is 9.72 Å². The van der Waals surface area contributed by atoms with Gasteiger partial charge in [0.2, 0.25) is 0 Å². The lowest BCUT2D eigenvalue weighted by molar-refractivity contribution is 0.340. The van der Waals surface area contributed by atoms with E-state index in [9.17, 15) is 8.42 Å². The molecular weight excluding hydrogens is 338 g/mol. The van der Waals surface area contributed by atoms with Gasteiger partial charge in [-0.15, -0.1) is 0 Å². The van der Waals surface area contributed by atoms with Gasteiger partial charge in [0, 0.05) is 6.20 Å². The second-order valence-corrected chi connectivity index (χ2v) is 7.85. The Bertz CT molecular complexity index is 947. The van der Waals surface area contributed by atoms with Crippen molar-refractivity contribution in [3.05, 3.63) is 36.7 Å². The van der Waals surface area contributed by atoms with Gasteiger partial charge in [-0.25, -0.2) is 13.4 Å². The lowest BCUT2D eigenvalue weighted by Gasteiger charge is -2.11. The summed E-state index contributed by atoms with van der Waals surface area (Å²) in [6.45, 7) is 4.28. The normalized spacial score (nSPS) is 11.8. The van der Waals surface area contributed by atoms with E-state index >= 15 is 0 Å². The molecule has 2 aromatic heterocycles. The zero-order valence-electron chi connectivity index (χ0n) is 14.3. The average molecular weight is 359 g/mol. The number of sulfone groups is 1. The van der Waals surface area contributed by atoms with Crippen molar-refractivity contribution in [3.63, 3.8) is 0 Å². The molecule has 0 fully saturated rings. The molecule has 0 amide bonds. The highest BCUT2D eigenvalue weighted by atomic mass is 32.2. The summed E-state index contributed by atoms with van der Waals surface area (Å²) in [5.74, 6) is 1.28. The maximum atomic E-state index is 12.4. The lowest BCUT2D eigenvalue weighted by atomic mass is 10.2. The number of rotatable bonds is 7. The second kappa shape index (κ2) is 7.23. The molecule has 3 rings (SSSR count). The van der Waals surface area contributed by atoms with Crippen LogP contribution < -0.4 is 4.74 Å². The van der Waals surface area contributed by atoms with Gasteiger partial charge in [0.1, 0.15) is 17.1 Å². The summed E-state index contributed by atoms with van der Waals surface area (Å²) in [4.78, 5) is 12.1. The highest BCUT2D eigenvalue weighted by Gasteiger charge is 2.18. The molecule has 2 heterocycles. The van der Waals surface area contributed by atoms with Crippen LogP contribution in [-0.4, -0.2) is 35.7 Å². The predicted octanol–water partition coefficient (Wildman–Crippen LogP) is 3.60. The number of nitrogens with zero attached hydrogens (tertiary/aromatic N) is 2. The van der Waals surface area contributed by atoms with E-state index in [1.807, 2.05) is 19.9 Å². The molecule has 0 saturated heterocycles. The monoisotopic (exact) mass is 359 g/mol. The zero-order valence-corrected chi connectivity index (χ0v) is 15.1. The van der Waals surface area contributed by atoms with Crippen LogP contribution in [0.5, 0.6) is 5.75 Å². The number of aromatic nitrogens is 3. The number of hydrogen-bond donors (Lipinski definition) is 1. The first-order chi connectivity index (χ1) is 12.0. The van der Waals surface area contributed by atoms with Crippen LogP contribution in [0.1, 0.15) is 26.7 Å². The Morgan fingerprint density at radius 3 is 2.76 bits per heavy atom. The van der Waals surface area contributed by atoms with Crippen molar-refractivity contribution in [1.29, 1.82) is 0 Å². The molecule has 6 nitrogen and oxygen atoms in total. The number of unbranched alkanes of at least 4 members (excludes halogenated alkanes) is 1. The van der Waals surface area contributed by atoms with E-state index < -0.39 is 9.84 Å². The van der Waals surface area contributed by atoms with Crippen molar-refractivity contribution in [2.45, 2.75) is 31.6 Å². The quantitative estimate of drug-likeness (QED) is 0.697. The molecule has 0 aliphatic heterocycles. The number of ether oxygens (including phenoxy) is 1. The summed E-state index contributed by atoms with van der Waals surface area (Å²) in [7, 11) is -3.31. The molecule has 0 spiro atoms. The first-order valence-corrected chi connectivity index (χ1v) is 10.00. The second-order valence-electron chi connectivity index (χ2n) is 5.74. The number of nitrogens with one attached hydrogen (secondary N) is 1. The molecular formula is C18H21N3O3S. The number of pyridine rings is 1. The first kappa shape index (κ1) is 17.4. The highest BCUT2D eigenvalue weighted by Crippen LogP contribution is 2.32. The van der Waals surface area contributed by atoms with Crippen molar-refractivity contribution < 1.29 is 13.2 Å². The Hall–Kier alpha value is -2.41. The Morgan fingerprint density at radius 2 is 2.04 bits per heavy atom. The fourth-order valence-electron chi connectivity index (χ4n) is 2.60. The smallest absolute Gasteiger partial charge is 0.178 e. The van der Waals surface area contributed by atoms with Crippen LogP contribution in [0.3, 0.4) is 0 Å². The largest absolute Gasteiger partial charge is 0.493 e. The van der Waals surface area contributed by atoms with Gasteiger partial charge in [0.25, 0.3) is 0 Å². The maximum Gasteiger partial charge on any atom is 0.178 e. The van der Waals surface area contributed by atoms with Crippen LogP contribution in [0.15, 0.2) is 41.6 Å². The van der Waals surface area contributed by atoms with Gasteiger partial charge in [-0.2, -0.15) is 0 Å². The number of fused-ring (bicyclic) bond motifs is 1. The molecule has 0 unspecified atom stereocenters. The highest BCUT2D eigenvalue weighted by molar-refractivity contribution is 7.91. The maximum absolute atomic E-state index is 12.4. The van der Waals surface area contributed by atoms with Crippen molar-refractivity contribution >= 4 is 20.9 Å². The molecule has 0 aliphatic carbocycles. The number of imidazole rings is 1. The standard InChI is InChI=1S/C18H21N3O3S/c1-3-5-10-25(22,23)13-6-7-14(17(11-13)24-4-2)18-20-15-8-9-19-12-16(15)21-18/h6-9,11-12H,3-5,10H2,1-2H3,(H,20,21). The van der Waals surface area contributed by atoms with E-state index in [2.05, 4.69) is 15.0 Å². The minimum atomic E-state index is -3.31. The van der Waals surface area contributed by atoms with Gasteiger partial charge in [-0.3, -0.25) is 4.98 Å². The minimum Gasteiger partial charge on any atom is -0.493 e. The zero-order chi connectivity index (χ0) is 17.9. The van der Waals surface area contributed by atoms with Crippen molar-refractivity contribution in [2.75, 3.05) is 12.4 Å².